The Morgan fingerprint density at radius 1 is 0.800 bits per heavy atom. The summed E-state index contributed by atoms with van der Waals surface area (Å²) in [4.78, 5) is 12.8. The molecule has 10 heteroatoms. The summed E-state index contributed by atoms with van der Waals surface area (Å²) in [6.07, 6.45) is 0. The van der Waals surface area contributed by atoms with Crippen LogP contribution in [0, 0.1) is 14.3 Å². The summed E-state index contributed by atoms with van der Waals surface area (Å²) in [5, 5.41) is 25.2. The Labute approximate surface area is 236 Å². The standard InChI is InChI=1S/C20H8I4O5.Al/c21-11-5-9-17(13(23)15(11)25)28-18-10(6-12(22)16(26)14(18)24)20(9)8-4-2-1-3-7(8)19(27)29-20;/h1-6,25-26H;/q;+3/p-2. The second-order valence-electron chi connectivity index (χ2n) is 6.47. The molecule has 3 aromatic carbocycles. The third kappa shape index (κ3) is 3.03. The van der Waals surface area contributed by atoms with E-state index in [9.17, 15) is 15.0 Å². The summed E-state index contributed by atoms with van der Waals surface area (Å²) < 4.78 is 14.0. The van der Waals surface area contributed by atoms with Crippen LogP contribution >= 0.6 is 90.4 Å². The van der Waals surface area contributed by atoms with Gasteiger partial charge in [0, 0.05) is 31.0 Å². The van der Waals surface area contributed by atoms with Gasteiger partial charge in [0.1, 0.15) is 11.5 Å². The van der Waals surface area contributed by atoms with Crippen LogP contribution in [0.15, 0.2) is 36.4 Å². The van der Waals surface area contributed by atoms with Crippen LogP contribution in [-0.4, -0.2) is 23.3 Å². The molecule has 5 nitrogen and oxygen atoms in total. The molecule has 0 N–H and O–H groups in total. The average Bonchev–Trinajstić information content (AvgIpc) is 3.00. The Kier molecular flexibility index (Phi) is 6.24. The van der Waals surface area contributed by atoms with Gasteiger partial charge in [0.25, 0.3) is 0 Å². The van der Waals surface area contributed by atoms with Crippen molar-refractivity contribution in [3.63, 3.8) is 0 Å². The first kappa shape index (κ1) is 23.2. The van der Waals surface area contributed by atoms with Crippen LogP contribution in [0.2, 0.25) is 0 Å². The molecule has 2 aliphatic rings. The fourth-order valence-electron chi connectivity index (χ4n) is 3.75. The van der Waals surface area contributed by atoms with Crippen molar-refractivity contribution in [3.05, 3.63) is 72.9 Å². The van der Waals surface area contributed by atoms with Gasteiger partial charge in [-0.15, -0.1) is 0 Å². The second kappa shape index (κ2) is 8.08. The zero-order valence-electron chi connectivity index (χ0n) is 14.6. The molecule has 2 heterocycles. The molecule has 0 fully saturated rings. The molecule has 0 radical (unpaired) electrons. The second-order valence-corrected chi connectivity index (χ2v) is 11.0. The van der Waals surface area contributed by atoms with Gasteiger partial charge in [-0.3, -0.25) is 0 Å². The first-order valence-corrected chi connectivity index (χ1v) is 12.5. The molecular formula is C20H6AlI4O5+. The summed E-state index contributed by atoms with van der Waals surface area (Å²) in [5.41, 5.74) is 1.02. The van der Waals surface area contributed by atoms with Gasteiger partial charge in [-0.2, -0.15) is 0 Å². The number of fused-ring (bicyclic) bond motifs is 6. The molecule has 0 aliphatic carbocycles. The van der Waals surface area contributed by atoms with Gasteiger partial charge in [0.2, 0.25) is 0 Å². The van der Waals surface area contributed by atoms with Gasteiger partial charge < -0.3 is 19.7 Å². The molecule has 0 bridgehead atoms. The molecular weight excluding hydrogens is 855 g/mol. The van der Waals surface area contributed by atoms with E-state index in [0.717, 1.165) is 0 Å². The number of ether oxygens (including phenoxy) is 2. The van der Waals surface area contributed by atoms with Crippen LogP contribution in [0.5, 0.6) is 23.0 Å². The van der Waals surface area contributed by atoms with E-state index in [0.29, 0.717) is 48.0 Å². The number of carbonyl (C=O) groups excluding carboxylic acids is 1. The van der Waals surface area contributed by atoms with Crippen molar-refractivity contribution in [2.24, 2.45) is 0 Å². The van der Waals surface area contributed by atoms with Crippen molar-refractivity contribution in [1.82, 2.24) is 0 Å². The summed E-state index contributed by atoms with van der Waals surface area (Å²) in [7, 11) is 0. The van der Waals surface area contributed by atoms with E-state index < -0.39 is 11.6 Å². The minimum absolute atomic E-state index is 0. The van der Waals surface area contributed by atoms with Gasteiger partial charge in [-0.05, 0) is 109 Å². The van der Waals surface area contributed by atoms with Gasteiger partial charge in [-0.1, -0.05) is 29.7 Å². The minimum Gasteiger partial charge on any atom is -0.871 e. The van der Waals surface area contributed by atoms with Crippen molar-refractivity contribution >= 4 is 114 Å². The molecule has 0 saturated carbocycles. The van der Waals surface area contributed by atoms with Gasteiger partial charge in [-0.25, -0.2) is 4.79 Å². The first-order valence-electron chi connectivity index (χ1n) is 8.17. The molecule has 1 spiro atoms. The zero-order chi connectivity index (χ0) is 20.7. The molecule has 0 unspecified atom stereocenters. The van der Waals surface area contributed by atoms with Gasteiger partial charge in [0.15, 0.2) is 5.60 Å². The SMILES string of the molecule is O=C1OC2(c3ccccc31)c1cc(I)c([O-])c(I)c1Oc1c2cc(I)c([O-])c1I.[Al+3]. The van der Waals surface area contributed by atoms with E-state index in [1.165, 1.54) is 0 Å². The summed E-state index contributed by atoms with van der Waals surface area (Å²) in [6.45, 7) is 0. The third-order valence-corrected chi connectivity index (χ3v) is 8.56. The van der Waals surface area contributed by atoms with Gasteiger partial charge >= 0.3 is 23.3 Å². The topological polar surface area (TPSA) is 81.7 Å². The number of halogens is 4. The maximum atomic E-state index is 12.8. The molecule has 2 aliphatic heterocycles. The quantitative estimate of drug-likeness (QED) is 0.190. The Morgan fingerprint density at radius 2 is 1.30 bits per heavy atom. The summed E-state index contributed by atoms with van der Waals surface area (Å²) in [6, 6.07) is 10.6. The normalized spacial score (nSPS) is 14.9. The largest absolute Gasteiger partial charge is 3.00 e. The summed E-state index contributed by atoms with van der Waals surface area (Å²) in [5.74, 6) is -0.127. The number of benzene rings is 3. The van der Waals surface area contributed by atoms with E-state index in [2.05, 4.69) is 0 Å². The van der Waals surface area contributed by atoms with Crippen LogP contribution in [0.3, 0.4) is 0 Å². The molecule has 146 valence electrons. The van der Waals surface area contributed by atoms with E-state index >= 15 is 0 Å². The number of hydrogen-bond donors (Lipinski definition) is 0. The van der Waals surface area contributed by atoms with Crippen molar-refractivity contribution in [1.29, 1.82) is 0 Å². The molecule has 5 rings (SSSR count). The monoisotopic (exact) mass is 861 g/mol. The Morgan fingerprint density at radius 3 is 1.83 bits per heavy atom. The third-order valence-electron chi connectivity index (χ3n) is 5.00. The van der Waals surface area contributed by atoms with Crippen molar-refractivity contribution in [2.75, 3.05) is 0 Å². The number of esters is 1. The van der Waals surface area contributed by atoms with Crippen LogP contribution in [-0.2, 0) is 10.3 Å². The van der Waals surface area contributed by atoms with Crippen LogP contribution < -0.4 is 14.9 Å². The van der Waals surface area contributed by atoms with Crippen molar-refractivity contribution in [2.45, 2.75) is 5.60 Å². The van der Waals surface area contributed by atoms with Crippen molar-refractivity contribution < 1.29 is 24.5 Å². The smallest absolute Gasteiger partial charge is 0.871 e. The Bertz CT molecular complexity index is 1200. The molecule has 0 saturated heterocycles. The fraction of sp³-hybridized carbons (Fsp3) is 0.0500. The molecule has 0 atom stereocenters. The van der Waals surface area contributed by atoms with Crippen LogP contribution in [0.25, 0.3) is 0 Å². The van der Waals surface area contributed by atoms with E-state index in [4.69, 9.17) is 9.47 Å². The van der Waals surface area contributed by atoms with Crippen LogP contribution in [0.4, 0.5) is 0 Å². The number of hydrogen-bond acceptors (Lipinski definition) is 5. The number of rotatable bonds is 0. The van der Waals surface area contributed by atoms with E-state index in [-0.39, 0.29) is 28.9 Å². The maximum Gasteiger partial charge on any atom is 3.00 e. The van der Waals surface area contributed by atoms with E-state index in [1.807, 2.05) is 102 Å². The van der Waals surface area contributed by atoms with E-state index in [1.54, 1.807) is 24.3 Å². The Balaban J connectivity index is 0.00000218. The zero-order valence-corrected chi connectivity index (χ0v) is 24.4. The van der Waals surface area contributed by atoms with Crippen molar-refractivity contribution in [3.8, 4) is 23.0 Å². The van der Waals surface area contributed by atoms with Gasteiger partial charge in [0.05, 0.1) is 5.56 Å². The Hall–Kier alpha value is -0.0175. The molecule has 3 aromatic rings. The first-order chi connectivity index (χ1) is 13.8. The summed E-state index contributed by atoms with van der Waals surface area (Å²) >= 11 is 7.86. The molecule has 0 aromatic heterocycles. The fourth-order valence-corrected chi connectivity index (χ4v) is 7.33. The number of carbonyl (C=O) groups is 1. The van der Waals surface area contributed by atoms with Crippen LogP contribution in [0.1, 0.15) is 27.0 Å². The predicted molar refractivity (Wildman–Crippen MR) is 140 cm³/mol. The minimum atomic E-state index is -1.28. The molecule has 0 amide bonds. The molecule has 30 heavy (non-hydrogen) atoms. The predicted octanol–water partition coefficient (Wildman–Crippen LogP) is 4.44. The average molecular weight is 861 g/mol. The maximum absolute atomic E-state index is 12.8.